The molecule has 0 saturated heterocycles. The Kier molecular flexibility index (Phi) is 8.87. The first-order valence-corrected chi connectivity index (χ1v) is 10.00. The molecule has 30 heavy (non-hydrogen) atoms. The fourth-order valence-electron chi connectivity index (χ4n) is 2.84. The van der Waals surface area contributed by atoms with Gasteiger partial charge in [-0.05, 0) is 37.6 Å². The SMILES string of the molecule is CCCCN(CC(=O)NCC(=O)Nc1ccc(C)cc1)C(=O)c1ccccc1OC. The molecule has 2 rings (SSSR count). The Bertz CT molecular complexity index is 865. The van der Waals surface area contributed by atoms with E-state index in [-0.39, 0.29) is 24.9 Å². The van der Waals surface area contributed by atoms with Gasteiger partial charge in [0.15, 0.2) is 0 Å². The van der Waals surface area contributed by atoms with Crippen LogP contribution in [0.4, 0.5) is 5.69 Å². The van der Waals surface area contributed by atoms with Gasteiger partial charge in [-0.1, -0.05) is 43.2 Å². The lowest BCUT2D eigenvalue weighted by Crippen LogP contribution is -2.43. The van der Waals surface area contributed by atoms with Crippen molar-refractivity contribution >= 4 is 23.4 Å². The maximum absolute atomic E-state index is 13.0. The van der Waals surface area contributed by atoms with Gasteiger partial charge in [-0.3, -0.25) is 14.4 Å². The van der Waals surface area contributed by atoms with Crippen LogP contribution in [0.15, 0.2) is 48.5 Å². The minimum absolute atomic E-state index is 0.130. The van der Waals surface area contributed by atoms with Gasteiger partial charge in [0.25, 0.3) is 5.91 Å². The van der Waals surface area contributed by atoms with Gasteiger partial charge in [-0.15, -0.1) is 0 Å². The zero-order chi connectivity index (χ0) is 21.9. The van der Waals surface area contributed by atoms with E-state index in [1.54, 1.807) is 36.4 Å². The molecule has 3 amide bonds. The third kappa shape index (κ3) is 6.92. The van der Waals surface area contributed by atoms with E-state index in [1.807, 2.05) is 26.0 Å². The molecule has 0 atom stereocenters. The Morgan fingerprint density at radius 3 is 2.37 bits per heavy atom. The van der Waals surface area contributed by atoms with Crippen LogP contribution in [0.2, 0.25) is 0 Å². The Morgan fingerprint density at radius 2 is 1.70 bits per heavy atom. The van der Waals surface area contributed by atoms with E-state index in [1.165, 1.54) is 12.0 Å². The van der Waals surface area contributed by atoms with Gasteiger partial charge in [0.2, 0.25) is 11.8 Å². The molecule has 7 nitrogen and oxygen atoms in total. The predicted molar refractivity (Wildman–Crippen MR) is 117 cm³/mol. The van der Waals surface area contributed by atoms with Gasteiger partial charge in [-0.25, -0.2) is 0 Å². The Hall–Kier alpha value is -3.35. The summed E-state index contributed by atoms with van der Waals surface area (Å²) in [6, 6.07) is 14.3. The zero-order valence-electron chi connectivity index (χ0n) is 17.7. The van der Waals surface area contributed by atoms with Crippen molar-refractivity contribution in [3.8, 4) is 5.75 Å². The molecule has 0 fully saturated rings. The lowest BCUT2D eigenvalue weighted by molar-refractivity contribution is -0.124. The van der Waals surface area contributed by atoms with Crippen LogP contribution in [0.25, 0.3) is 0 Å². The second-order valence-corrected chi connectivity index (χ2v) is 6.97. The van der Waals surface area contributed by atoms with Crippen LogP contribution >= 0.6 is 0 Å². The van der Waals surface area contributed by atoms with Gasteiger partial charge >= 0.3 is 0 Å². The number of aryl methyl sites for hydroxylation is 1. The second-order valence-electron chi connectivity index (χ2n) is 6.97. The lowest BCUT2D eigenvalue weighted by Gasteiger charge is -2.23. The first-order chi connectivity index (χ1) is 14.4. The molecule has 0 heterocycles. The van der Waals surface area contributed by atoms with Crippen LogP contribution < -0.4 is 15.4 Å². The number of nitrogens with zero attached hydrogens (tertiary/aromatic N) is 1. The van der Waals surface area contributed by atoms with E-state index in [0.717, 1.165) is 18.4 Å². The molecule has 0 bridgehead atoms. The first kappa shape index (κ1) is 22.9. The number of benzene rings is 2. The monoisotopic (exact) mass is 411 g/mol. The van der Waals surface area contributed by atoms with E-state index < -0.39 is 5.91 Å². The van der Waals surface area contributed by atoms with Crippen molar-refractivity contribution in [3.05, 3.63) is 59.7 Å². The number of unbranched alkanes of at least 4 members (excludes halogenated alkanes) is 1. The number of nitrogens with one attached hydrogen (secondary N) is 2. The van der Waals surface area contributed by atoms with Gasteiger partial charge in [0, 0.05) is 12.2 Å². The maximum Gasteiger partial charge on any atom is 0.258 e. The normalized spacial score (nSPS) is 10.2. The number of anilines is 1. The van der Waals surface area contributed by atoms with E-state index in [0.29, 0.717) is 23.5 Å². The molecule has 2 N–H and O–H groups in total. The van der Waals surface area contributed by atoms with Gasteiger partial charge in [0.1, 0.15) is 5.75 Å². The Morgan fingerprint density at radius 1 is 1.00 bits per heavy atom. The molecule has 0 aliphatic rings. The van der Waals surface area contributed by atoms with E-state index in [4.69, 9.17) is 4.74 Å². The average Bonchev–Trinajstić information content (AvgIpc) is 2.76. The molecule has 0 spiro atoms. The van der Waals surface area contributed by atoms with Crippen LogP contribution in [-0.2, 0) is 9.59 Å². The van der Waals surface area contributed by atoms with Crippen LogP contribution in [0, 0.1) is 6.92 Å². The largest absolute Gasteiger partial charge is 0.496 e. The highest BCUT2D eigenvalue weighted by Gasteiger charge is 2.21. The molecule has 0 aromatic heterocycles. The van der Waals surface area contributed by atoms with Crippen molar-refractivity contribution in [2.45, 2.75) is 26.7 Å². The summed E-state index contributed by atoms with van der Waals surface area (Å²) in [6.45, 7) is 4.12. The van der Waals surface area contributed by atoms with Crippen LogP contribution in [0.5, 0.6) is 5.75 Å². The van der Waals surface area contributed by atoms with Crippen LogP contribution in [-0.4, -0.2) is 49.4 Å². The standard InChI is InChI=1S/C23H29N3O4/c1-4-5-14-26(23(29)19-8-6-7-9-20(19)30-3)16-22(28)24-15-21(27)25-18-12-10-17(2)11-13-18/h6-13H,4-5,14-16H2,1-3H3,(H,24,28)(H,25,27). The third-order valence-electron chi connectivity index (χ3n) is 4.52. The van der Waals surface area contributed by atoms with Crippen LogP contribution in [0.1, 0.15) is 35.7 Å². The highest BCUT2D eigenvalue weighted by Crippen LogP contribution is 2.19. The molecule has 7 heteroatoms. The molecule has 2 aromatic carbocycles. The number of carbonyl (C=O) groups excluding carboxylic acids is 3. The molecule has 0 aliphatic carbocycles. The fourth-order valence-corrected chi connectivity index (χ4v) is 2.84. The van der Waals surface area contributed by atoms with Crippen molar-refractivity contribution in [1.82, 2.24) is 10.2 Å². The fraction of sp³-hybridized carbons (Fsp3) is 0.348. The topological polar surface area (TPSA) is 87.7 Å². The molecule has 160 valence electrons. The number of methoxy groups -OCH3 is 1. The van der Waals surface area contributed by atoms with Gasteiger partial charge in [-0.2, -0.15) is 0 Å². The summed E-state index contributed by atoms with van der Waals surface area (Å²) in [6.07, 6.45) is 1.65. The summed E-state index contributed by atoms with van der Waals surface area (Å²) in [5.74, 6) is -0.543. The molecule has 0 radical (unpaired) electrons. The summed E-state index contributed by atoms with van der Waals surface area (Å²) in [7, 11) is 1.50. The third-order valence-corrected chi connectivity index (χ3v) is 4.52. The number of carbonyl (C=O) groups is 3. The highest BCUT2D eigenvalue weighted by molar-refractivity contribution is 5.99. The van der Waals surface area contributed by atoms with Crippen molar-refractivity contribution < 1.29 is 19.1 Å². The number of ether oxygens (including phenoxy) is 1. The molecular formula is C23H29N3O4. The van der Waals surface area contributed by atoms with Crippen molar-refractivity contribution in [2.24, 2.45) is 0 Å². The summed E-state index contributed by atoms with van der Waals surface area (Å²) < 4.78 is 5.27. The average molecular weight is 412 g/mol. The number of amides is 3. The number of hydrogen-bond acceptors (Lipinski definition) is 4. The molecule has 0 aliphatic heterocycles. The van der Waals surface area contributed by atoms with Crippen molar-refractivity contribution in [3.63, 3.8) is 0 Å². The number of hydrogen-bond donors (Lipinski definition) is 2. The summed E-state index contributed by atoms with van der Waals surface area (Å²) >= 11 is 0. The Balaban J connectivity index is 1.94. The Labute approximate surface area is 177 Å². The summed E-state index contributed by atoms with van der Waals surface area (Å²) in [5, 5.41) is 5.30. The second kappa shape index (κ2) is 11.6. The van der Waals surface area contributed by atoms with Gasteiger partial charge < -0.3 is 20.3 Å². The molecule has 2 aromatic rings. The lowest BCUT2D eigenvalue weighted by atomic mass is 10.1. The molecular weight excluding hydrogens is 382 g/mol. The minimum Gasteiger partial charge on any atom is -0.496 e. The number of rotatable bonds is 10. The predicted octanol–water partition coefficient (Wildman–Crippen LogP) is 3.00. The van der Waals surface area contributed by atoms with Crippen LogP contribution in [0.3, 0.4) is 0 Å². The van der Waals surface area contributed by atoms with Crippen molar-refractivity contribution in [2.75, 3.05) is 32.1 Å². The highest BCUT2D eigenvalue weighted by atomic mass is 16.5. The first-order valence-electron chi connectivity index (χ1n) is 10.00. The maximum atomic E-state index is 13.0. The van der Waals surface area contributed by atoms with E-state index >= 15 is 0 Å². The summed E-state index contributed by atoms with van der Waals surface area (Å²) in [5.41, 5.74) is 2.16. The van der Waals surface area contributed by atoms with E-state index in [9.17, 15) is 14.4 Å². The smallest absolute Gasteiger partial charge is 0.258 e. The zero-order valence-corrected chi connectivity index (χ0v) is 17.7. The molecule has 0 saturated carbocycles. The van der Waals surface area contributed by atoms with Crippen molar-refractivity contribution in [1.29, 1.82) is 0 Å². The summed E-state index contributed by atoms with van der Waals surface area (Å²) in [4.78, 5) is 38.9. The van der Waals surface area contributed by atoms with Gasteiger partial charge in [0.05, 0.1) is 25.8 Å². The minimum atomic E-state index is -0.395. The van der Waals surface area contributed by atoms with E-state index in [2.05, 4.69) is 10.6 Å². The number of para-hydroxylation sites is 1. The quantitative estimate of drug-likeness (QED) is 0.629. The molecule has 0 unspecified atom stereocenters.